The van der Waals surface area contributed by atoms with Gasteiger partial charge in [-0.2, -0.15) is 0 Å². The Morgan fingerprint density at radius 1 is 1.22 bits per heavy atom. The summed E-state index contributed by atoms with van der Waals surface area (Å²) in [5.74, 6) is 0.514. The molecule has 0 aliphatic carbocycles. The van der Waals surface area contributed by atoms with Crippen LogP contribution in [0.4, 0.5) is 5.95 Å². The predicted octanol–water partition coefficient (Wildman–Crippen LogP) is 2.82. The molecule has 1 N–H and O–H groups in total. The van der Waals surface area contributed by atoms with Crippen LogP contribution in [0.25, 0.3) is 0 Å². The lowest BCUT2D eigenvalue weighted by atomic mass is 9.86. The highest BCUT2D eigenvalue weighted by atomic mass is 16.2. The molecule has 0 bridgehead atoms. The molecule has 0 saturated carbocycles. The van der Waals surface area contributed by atoms with E-state index in [-0.39, 0.29) is 17.4 Å². The highest BCUT2D eigenvalue weighted by Crippen LogP contribution is 2.22. The Morgan fingerprint density at radius 2 is 1.96 bits per heavy atom. The minimum atomic E-state index is -0.154. The van der Waals surface area contributed by atoms with Gasteiger partial charge in [0.25, 0.3) is 5.91 Å². The highest BCUT2D eigenvalue weighted by Gasteiger charge is 2.28. The zero-order valence-electron chi connectivity index (χ0n) is 16.8. The molecule has 3 heterocycles. The molecule has 0 aromatic carbocycles. The number of hydrogen-bond acceptors (Lipinski definition) is 5. The number of piperidine rings is 1. The smallest absolute Gasteiger partial charge is 0.270 e. The third kappa shape index (κ3) is 5.05. The van der Waals surface area contributed by atoms with Gasteiger partial charge in [-0.25, -0.2) is 15.0 Å². The van der Waals surface area contributed by atoms with Crippen molar-refractivity contribution in [3.05, 3.63) is 36.2 Å². The Kier molecular flexibility index (Phi) is 5.77. The van der Waals surface area contributed by atoms with Crippen LogP contribution in [0.2, 0.25) is 0 Å². The number of anilines is 1. The number of nitrogens with zero attached hydrogens (tertiary/aromatic N) is 5. The van der Waals surface area contributed by atoms with Crippen LogP contribution in [0, 0.1) is 12.3 Å². The summed E-state index contributed by atoms with van der Waals surface area (Å²) in [7, 11) is 0. The average Bonchev–Trinajstić information content (AvgIpc) is 3.14. The molecule has 0 unspecified atom stereocenters. The third-order valence-electron chi connectivity index (χ3n) is 5.02. The predicted molar refractivity (Wildman–Crippen MR) is 106 cm³/mol. The molecule has 7 nitrogen and oxygen atoms in total. The molecule has 1 aliphatic rings. The lowest BCUT2D eigenvalue weighted by molar-refractivity contribution is 0.0887. The van der Waals surface area contributed by atoms with Gasteiger partial charge in [0.2, 0.25) is 5.95 Å². The van der Waals surface area contributed by atoms with Crippen molar-refractivity contribution in [3.63, 3.8) is 0 Å². The van der Waals surface area contributed by atoms with Crippen molar-refractivity contribution in [3.8, 4) is 0 Å². The number of aryl methyl sites for hydroxylation is 1. The summed E-state index contributed by atoms with van der Waals surface area (Å²) in [5.41, 5.74) is 1.15. The van der Waals surface area contributed by atoms with Crippen LogP contribution in [0.15, 0.2) is 24.8 Å². The lowest BCUT2D eigenvalue weighted by Crippen LogP contribution is -2.46. The van der Waals surface area contributed by atoms with E-state index < -0.39 is 0 Å². The Bertz CT molecular complexity index is 759. The van der Waals surface area contributed by atoms with Crippen molar-refractivity contribution in [2.45, 2.75) is 59.5 Å². The summed E-state index contributed by atoms with van der Waals surface area (Å²) < 4.78 is 1.99. The van der Waals surface area contributed by atoms with Gasteiger partial charge in [0, 0.05) is 37.7 Å². The monoisotopic (exact) mass is 370 g/mol. The molecule has 3 rings (SSSR count). The second-order valence-electron chi connectivity index (χ2n) is 8.39. The molecule has 1 amide bonds. The molecule has 7 heteroatoms. The third-order valence-corrected chi connectivity index (χ3v) is 5.02. The van der Waals surface area contributed by atoms with Crippen LogP contribution < -0.4 is 10.2 Å². The summed E-state index contributed by atoms with van der Waals surface area (Å²) in [6.45, 7) is 10.9. The summed E-state index contributed by atoms with van der Waals surface area (Å²) in [5, 5.41) is 3.17. The highest BCUT2D eigenvalue weighted by molar-refractivity contribution is 5.92. The molecule has 1 saturated heterocycles. The minimum absolute atomic E-state index is 0.0482. The van der Waals surface area contributed by atoms with Gasteiger partial charge >= 0.3 is 0 Å². The standard InChI is InChI=1S/C20H30N6O/c1-15-12-16(23-19(22-15)26-9-6-5-7-10-26)18(27)24-17(20(2,3)4)13-25-11-8-21-14-25/h8,11-12,14,17H,5-7,9-10,13H2,1-4H3,(H,24,27)/t17-/m0/s1. The Labute approximate surface area is 161 Å². The van der Waals surface area contributed by atoms with E-state index in [1.165, 1.54) is 6.42 Å². The summed E-state index contributed by atoms with van der Waals surface area (Å²) in [6, 6.07) is 1.72. The van der Waals surface area contributed by atoms with Crippen LogP contribution in [-0.4, -0.2) is 44.6 Å². The molecule has 0 radical (unpaired) electrons. The second-order valence-corrected chi connectivity index (χ2v) is 8.39. The first-order valence-electron chi connectivity index (χ1n) is 9.70. The van der Waals surface area contributed by atoms with Crippen molar-refractivity contribution < 1.29 is 4.79 Å². The molecular weight excluding hydrogens is 340 g/mol. The lowest BCUT2D eigenvalue weighted by Gasteiger charge is -2.32. The van der Waals surface area contributed by atoms with Gasteiger partial charge in [0.1, 0.15) is 5.69 Å². The Hall–Kier alpha value is -2.44. The molecular formula is C20H30N6O. The first-order chi connectivity index (χ1) is 12.8. The number of carbonyl (C=O) groups excluding carboxylic acids is 1. The van der Waals surface area contributed by atoms with E-state index in [0.29, 0.717) is 18.2 Å². The first-order valence-corrected chi connectivity index (χ1v) is 9.70. The summed E-state index contributed by atoms with van der Waals surface area (Å²) in [6.07, 6.45) is 8.98. The van der Waals surface area contributed by atoms with E-state index in [4.69, 9.17) is 0 Å². The van der Waals surface area contributed by atoms with Crippen molar-refractivity contribution >= 4 is 11.9 Å². The molecule has 0 spiro atoms. The van der Waals surface area contributed by atoms with Gasteiger partial charge in [-0.1, -0.05) is 20.8 Å². The summed E-state index contributed by atoms with van der Waals surface area (Å²) >= 11 is 0. The van der Waals surface area contributed by atoms with Crippen LogP contribution >= 0.6 is 0 Å². The van der Waals surface area contributed by atoms with Crippen LogP contribution in [0.3, 0.4) is 0 Å². The van der Waals surface area contributed by atoms with E-state index in [1.807, 2.05) is 17.7 Å². The fraction of sp³-hybridized carbons (Fsp3) is 0.600. The SMILES string of the molecule is Cc1cc(C(=O)N[C@@H](Cn2ccnc2)C(C)(C)C)nc(N2CCCCC2)n1. The average molecular weight is 371 g/mol. The van der Waals surface area contributed by atoms with Crippen LogP contribution in [0.1, 0.15) is 56.2 Å². The fourth-order valence-electron chi connectivity index (χ4n) is 3.28. The van der Waals surface area contributed by atoms with Crippen LogP contribution in [0.5, 0.6) is 0 Å². The molecule has 2 aromatic rings. The topological polar surface area (TPSA) is 75.9 Å². The van der Waals surface area contributed by atoms with Gasteiger partial charge in [0.15, 0.2) is 0 Å². The molecule has 27 heavy (non-hydrogen) atoms. The van der Waals surface area contributed by atoms with Gasteiger partial charge in [-0.3, -0.25) is 4.79 Å². The number of rotatable bonds is 5. The zero-order valence-corrected chi connectivity index (χ0v) is 16.8. The van der Waals surface area contributed by atoms with E-state index >= 15 is 0 Å². The number of aromatic nitrogens is 4. The first kappa shape index (κ1) is 19.3. The normalized spacial score (nSPS) is 16.2. The van der Waals surface area contributed by atoms with Crippen molar-refractivity contribution in [2.75, 3.05) is 18.0 Å². The fourth-order valence-corrected chi connectivity index (χ4v) is 3.28. The maximum Gasteiger partial charge on any atom is 0.270 e. The van der Waals surface area contributed by atoms with Crippen molar-refractivity contribution in [1.82, 2.24) is 24.8 Å². The Balaban J connectivity index is 1.78. The molecule has 1 aliphatic heterocycles. The van der Waals surface area contributed by atoms with E-state index in [9.17, 15) is 4.79 Å². The van der Waals surface area contributed by atoms with Gasteiger partial charge < -0.3 is 14.8 Å². The van der Waals surface area contributed by atoms with Gasteiger partial charge in [-0.05, 0) is 37.7 Å². The number of imidazole rings is 1. The van der Waals surface area contributed by atoms with Gasteiger partial charge in [-0.15, -0.1) is 0 Å². The second kappa shape index (κ2) is 8.06. The largest absolute Gasteiger partial charge is 0.346 e. The number of hydrogen-bond donors (Lipinski definition) is 1. The van der Waals surface area contributed by atoms with Crippen molar-refractivity contribution in [1.29, 1.82) is 0 Å². The van der Waals surface area contributed by atoms with E-state index in [1.54, 1.807) is 18.6 Å². The zero-order chi connectivity index (χ0) is 19.4. The number of carbonyl (C=O) groups is 1. The van der Waals surface area contributed by atoms with E-state index in [0.717, 1.165) is 31.6 Å². The van der Waals surface area contributed by atoms with Crippen LogP contribution in [-0.2, 0) is 6.54 Å². The van der Waals surface area contributed by atoms with Gasteiger partial charge in [0.05, 0.1) is 12.4 Å². The molecule has 146 valence electrons. The molecule has 1 atom stereocenters. The number of nitrogens with one attached hydrogen (secondary N) is 1. The summed E-state index contributed by atoms with van der Waals surface area (Å²) in [4.78, 5) is 28.4. The minimum Gasteiger partial charge on any atom is -0.346 e. The quantitative estimate of drug-likeness (QED) is 0.876. The molecule has 1 fully saturated rings. The molecule has 2 aromatic heterocycles. The van der Waals surface area contributed by atoms with E-state index in [2.05, 4.69) is 45.9 Å². The number of amides is 1. The Morgan fingerprint density at radius 3 is 2.59 bits per heavy atom. The maximum atomic E-state index is 13.0. The maximum absolute atomic E-state index is 13.0. The van der Waals surface area contributed by atoms with Crippen molar-refractivity contribution in [2.24, 2.45) is 5.41 Å².